The zero-order valence-electron chi connectivity index (χ0n) is 7.32. The number of aryl methyl sites for hydroxylation is 1. The number of nitrogens with zero attached hydrogens (tertiary/aromatic N) is 2. The first kappa shape index (κ1) is 7.76. The molecule has 4 heteroatoms. The van der Waals surface area contributed by atoms with Gasteiger partial charge < -0.3 is 9.84 Å². The van der Waals surface area contributed by atoms with Gasteiger partial charge in [-0.25, -0.2) is 9.13 Å². The molecule has 0 aromatic carbocycles. The molecular weight excluding hydrogens is 156 g/mol. The number of aliphatic hydroxyl groups is 1. The molecule has 1 N–H and O–H groups in total. The molecule has 0 amide bonds. The molecule has 0 bridgehead atoms. The summed E-state index contributed by atoms with van der Waals surface area (Å²) in [5.41, 5.74) is 1.94. The van der Waals surface area contributed by atoms with E-state index in [2.05, 4.69) is 0 Å². The van der Waals surface area contributed by atoms with Crippen LogP contribution in [-0.4, -0.2) is 16.3 Å². The van der Waals surface area contributed by atoms with E-state index >= 15 is 0 Å². The minimum Gasteiger partial charge on any atom is -0.361 e. The Morgan fingerprint density at radius 1 is 1.75 bits per heavy atom. The molecule has 2 heterocycles. The van der Waals surface area contributed by atoms with Crippen molar-refractivity contribution in [3.05, 3.63) is 17.7 Å². The largest absolute Gasteiger partial charge is 0.361 e. The minimum absolute atomic E-state index is 0.586. The van der Waals surface area contributed by atoms with Gasteiger partial charge in [-0.2, -0.15) is 0 Å². The summed E-state index contributed by atoms with van der Waals surface area (Å²) < 4.78 is 9.14. The second-order valence-electron chi connectivity index (χ2n) is 3.11. The summed E-state index contributed by atoms with van der Waals surface area (Å²) in [7, 11) is 1.97. The predicted octanol–water partition coefficient (Wildman–Crippen LogP) is -0.358. The molecule has 1 aromatic heterocycles. The van der Waals surface area contributed by atoms with E-state index in [1.807, 2.05) is 29.4 Å². The van der Waals surface area contributed by atoms with Crippen molar-refractivity contribution in [3.63, 3.8) is 0 Å². The van der Waals surface area contributed by atoms with Crippen LogP contribution in [0.15, 0.2) is 6.33 Å². The minimum atomic E-state index is -0.750. The van der Waals surface area contributed by atoms with Crippen LogP contribution in [0.5, 0.6) is 0 Å². The quantitative estimate of drug-likeness (QED) is 0.539. The van der Waals surface area contributed by atoms with Gasteiger partial charge in [0.1, 0.15) is 12.2 Å². The fraction of sp³-hybridized carbons (Fsp3) is 0.625. The number of aromatic nitrogens is 2. The SMILES string of the molecule is Cc1c2[n+](cn1C)CCOC2O. The van der Waals surface area contributed by atoms with Crippen LogP contribution in [0.1, 0.15) is 17.7 Å². The number of hydrogen-bond donors (Lipinski definition) is 1. The van der Waals surface area contributed by atoms with Crippen molar-refractivity contribution in [1.29, 1.82) is 0 Å². The molecule has 0 radical (unpaired) electrons. The van der Waals surface area contributed by atoms with E-state index in [0.717, 1.165) is 17.9 Å². The fourth-order valence-corrected chi connectivity index (χ4v) is 1.59. The molecule has 1 unspecified atom stereocenters. The third-order valence-corrected chi connectivity index (χ3v) is 2.36. The average Bonchev–Trinajstić information content (AvgIpc) is 2.29. The zero-order chi connectivity index (χ0) is 8.72. The van der Waals surface area contributed by atoms with Crippen LogP contribution in [0.4, 0.5) is 0 Å². The van der Waals surface area contributed by atoms with Crippen LogP contribution >= 0.6 is 0 Å². The van der Waals surface area contributed by atoms with E-state index in [9.17, 15) is 5.11 Å². The molecule has 1 aliphatic rings. The van der Waals surface area contributed by atoms with E-state index in [1.165, 1.54) is 0 Å². The van der Waals surface area contributed by atoms with Crippen LogP contribution < -0.4 is 4.57 Å². The average molecular weight is 169 g/mol. The maximum absolute atomic E-state index is 9.50. The highest BCUT2D eigenvalue weighted by Crippen LogP contribution is 2.17. The molecule has 0 spiro atoms. The van der Waals surface area contributed by atoms with Gasteiger partial charge in [-0.3, -0.25) is 0 Å². The molecule has 4 nitrogen and oxygen atoms in total. The molecular formula is C8H13N2O2+. The molecule has 0 fully saturated rings. The maximum Gasteiger partial charge on any atom is 0.244 e. The van der Waals surface area contributed by atoms with Crippen molar-refractivity contribution in [2.24, 2.45) is 7.05 Å². The van der Waals surface area contributed by atoms with Gasteiger partial charge in [-0.05, 0) is 0 Å². The Morgan fingerprint density at radius 3 is 3.17 bits per heavy atom. The lowest BCUT2D eigenvalue weighted by atomic mass is 10.3. The summed E-state index contributed by atoms with van der Waals surface area (Å²) in [6.45, 7) is 3.39. The van der Waals surface area contributed by atoms with Crippen molar-refractivity contribution in [1.82, 2.24) is 4.57 Å². The summed E-state index contributed by atoms with van der Waals surface area (Å²) in [4.78, 5) is 0. The van der Waals surface area contributed by atoms with E-state index in [0.29, 0.717) is 6.61 Å². The van der Waals surface area contributed by atoms with Crippen molar-refractivity contribution >= 4 is 0 Å². The number of hydrogen-bond acceptors (Lipinski definition) is 2. The highest BCUT2D eigenvalue weighted by molar-refractivity contribution is 5.06. The van der Waals surface area contributed by atoms with Gasteiger partial charge in [0.25, 0.3) is 0 Å². The number of aliphatic hydroxyl groups excluding tert-OH is 1. The summed E-state index contributed by atoms with van der Waals surface area (Å²) in [5, 5.41) is 9.50. The third-order valence-electron chi connectivity index (χ3n) is 2.36. The second-order valence-corrected chi connectivity index (χ2v) is 3.11. The number of rotatable bonds is 0. The van der Waals surface area contributed by atoms with Crippen molar-refractivity contribution in [3.8, 4) is 0 Å². The second kappa shape index (κ2) is 2.57. The zero-order valence-corrected chi connectivity index (χ0v) is 7.32. The van der Waals surface area contributed by atoms with Crippen LogP contribution in [0.2, 0.25) is 0 Å². The number of imidazole rings is 1. The lowest BCUT2D eigenvalue weighted by Crippen LogP contribution is -2.44. The maximum atomic E-state index is 9.50. The van der Waals surface area contributed by atoms with Crippen LogP contribution in [0, 0.1) is 6.92 Å². The molecule has 1 aromatic rings. The van der Waals surface area contributed by atoms with Crippen LogP contribution in [0.25, 0.3) is 0 Å². The van der Waals surface area contributed by atoms with Gasteiger partial charge in [-0.15, -0.1) is 0 Å². The van der Waals surface area contributed by atoms with Crippen molar-refractivity contribution in [2.75, 3.05) is 6.61 Å². The van der Waals surface area contributed by atoms with Crippen molar-refractivity contribution in [2.45, 2.75) is 19.8 Å². The van der Waals surface area contributed by atoms with Gasteiger partial charge >= 0.3 is 0 Å². The number of ether oxygens (including phenoxy) is 1. The summed E-state index contributed by atoms with van der Waals surface area (Å²) >= 11 is 0. The highest BCUT2D eigenvalue weighted by Gasteiger charge is 2.28. The normalized spacial score (nSPS) is 22.4. The summed E-state index contributed by atoms with van der Waals surface area (Å²) in [6, 6.07) is 0. The molecule has 0 saturated carbocycles. The molecule has 12 heavy (non-hydrogen) atoms. The Hall–Kier alpha value is -0.870. The molecule has 0 aliphatic carbocycles. The van der Waals surface area contributed by atoms with E-state index in [1.54, 1.807) is 0 Å². The van der Waals surface area contributed by atoms with Gasteiger partial charge in [0.15, 0.2) is 0 Å². The molecule has 1 aliphatic heterocycles. The number of fused-ring (bicyclic) bond motifs is 1. The molecule has 66 valence electrons. The monoisotopic (exact) mass is 169 g/mol. The first-order valence-electron chi connectivity index (χ1n) is 4.05. The lowest BCUT2D eigenvalue weighted by Gasteiger charge is -2.15. The fourth-order valence-electron chi connectivity index (χ4n) is 1.59. The summed E-state index contributed by atoms with van der Waals surface area (Å²) in [6.07, 6.45) is 1.23. The van der Waals surface area contributed by atoms with E-state index in [-0.39, 0.29) is 0 Å². The van der Waals surface area contributed by atoms with Gasteiger partial charge in [0, 0.05) is 6.92 Å². The standard InChI is InChI=1S/C8H13N2O2/c1-6-7-8(11)12-4-3-10(7)5-9(6)2/h5,8,11H,3-4H2,1-2H3/q+1. The first-order valence-corrected chi connectivity index (χ1v) is 4.05. The van der Waals surface area contributed by atoms with Gasteiger partial charge in [-0.1, -0.05) is 0 Å². The molecule has 0 saturated heterocycles. The Bertz CT molecular complexity index is 306. The van der Waals surface area contributed by atoms with E-state index in [4.69, 9.17) is 4.74 Å². The van der Waals surface area contributed by atoms with Crippen LogP contribution in [0.3, 0.4) is 0 Å². The Labute approximate surface area is 71.0 Å². The highest BCUT2D eigenvalue weighted by atomic mass is 16.6. The lowest BCUT2D eigenvalue weighted by molar-refractivity contribution is -0.723. The summed E-state index contributed by atoms with van der Waals surface area (Å²) in [5.74, 6) is 0. The van der Waals surface area contributed by atoms with E-state index < -0.39 is 6.29 Å². The smallest absolute Gasteiger partial charge is 0.244 e. The molecule has 2 rings (SSSR count). The Morgan fingerprint density at radius 2 is 2.50 bits per heavy atom. The first-order chi connectivity index (χ1) is 5.70. The topological polar surface area (TPSA) is 38.3 Å². The predicted molar refractivity (Wildman–Crippen MR) is 41.3 cm³/mol. The third kappa shape index (κ3) is 0.956. The molecule has 1 atom stereocenters. The van der Waals surface area contributed by atoms with Crippen LogP contribution in [-0.2, 0) is 18.3 Å². The van der Waals surface area contributed by atoms with Gasteiger partial charge in [0.05, 0.1) is 13.7 Å². The van der Waals surface area contributed by atoms with Gasteiger partial charge in [0.2, 0.25) is 18.3 Å². The van der Waals surface area contributed by atoms with Crippen molar-refractivity contribution < 1.29 is 14.4 Å². The Kier molecular flexibility index (Phi) is 1.66. The Balaban J connectivity index is 2.54.